The van der Waals surface area contributed by atoms with Crippen LogP contribution in [0.25, 0.3) is 0 Å². The zero-order chi connectivity index (χ0) is 22.1. The summed E-state index contributed by atoms with van der Waals surface area (Å²) in [5.74, 6) is 2.18. The Labute approximate surface area is 192 Å². The van der Waals surface area contributed by atoms with E-state index in [4.69, 9.17) is 18.9 Å². The number of thioether (sulfide) groups is 1. The summed E-state index contributed by atoms with van der Waals surface area (Å²) in [6, 6.07) is 21.8. The molecule has 0 bridgehead atoms. The first-order valence-corrected chi connectivity index (χ1v) is 11.6. The van der Waals surface area contributed by atoms with Crippen molar-refractivity contribution in [2.24, 2.45) is 0 Å². The summed E-state index contributed by atoms with van der Waals surface area (Å²) in [6.07, 6.45) is -0.338. The van der Waals surface area contributed by atoms with Crippen molar-refractivity contribution in [1.82, 2.24) is 0 Å². The van der Waals surface area contributed by atoms with E-state index >= 15 is 0 Å². The highest BCUT2D eigenvalue weighted by Gasteiger charge is 2.45. The second-order valence-corrected chi connectivity index (χ2v) is 9.02. The van der Waals surface area contributed by atoms with Crippen molar-refractivity contribution in [2.45, 2.75) is 22.7 Å². The molecule has 1 N–H and O–H groups in total. The summed E-state index contributed by atoms with van der Waals surface area (Å²) in [5, 5.41) is 12.4. The number of hydrogen-bond donors (Lipinski definition) is 1. The number of rotatable bonds is 5. The molecule has 6 heteroatoms. The molecule has 0 amide bonds. The molecule has 2 unspecified atom stereocenters. The Balaban J connectivity index is 1.60. The fraction of sp³-hybridized carbons (Fsp3) is 0.308. The van der Waals surface area contributed by atoms with Crippen LogP contribution in [-0.4, -0.2) is 38.3 Å². The SMILES string of the molecule is COc1ccc(C2CSc3cc(OC)ccc3C2(O)c2ccc(C3OCCO3)cc2)cc1. The van der Waals surface area contributed by atoms with Crippen molar-refractivity contribution in [1.29, 1.82) is 0 Å². The maximum absolute atomic E-state index is 12.4. The fourth-order valence-corrected chi connectivity index (χ4v) is 5.88. The van der Waals surface area contributed by atoms with Crippen LogP contribution in [0.4, 0.5) is 0 Å². The highest BCUT2D eigenvalue weighted by Crippen LogP contribution is 2.52. The molecule has 3 aromatic carbocycles. The molecular formula is C26H26O5S. The maximum Gasteiger partial charge on any atom is 0.184 e. The van der Waals surface area contributed by atoms with Crippen LogP contribution in [0.3, 0.4) is 0 Å². The second kappa shape index (κ2) is 8.79. The predicted molar refractivity (Wildman–Crippen MR) is 124 cm³/mol. The van der Waals surface area contributed by atoms with Gasteiger partial charge in [-0.2, -0.15) is 0 Å². The molecule has 2 atom stereocenters. The van der Waals surface area contributed by atoms with Crippen LogP contribution in [0.15, 0.2) is 71.6 Å². The molecule has 0 aliphatic carbocycles. The molecule has 166 valence electrons. The fourth-order valence-electron chi connectivity index (χ4n) is 4.52. The van der Waals surface area contributed by atoms with Gasteiger partial charge >= 0.3 is 0 Å². The molecule has 2 aliphatic heterocycles. The van der Waals surface area contributed by atoms with Gasteiger partial charge in [0.05, 0.1) is 27.4 Å². The number of ether oxygens (including phenoxy) is 4. The Kier molecular flexibility index (Phi) is 5.86. The van der Waals surface area contributed by atoms with E-state index in [0.717, 1.165) is 44.4 Å². The van der Waals surface area contributed by atoms with E-state index in [2.05, 4.69) is 0 Å². The predicted octanol–water partition coefficient (Wildman–Crippen LogP) is 4.87. The van der Waals surface area contributed by atoms with Crippen molar-refractivity contribution in [2.75, 3.05) is 33.2 Å². The first kappa shape index (κ1) is 21.3. The Morgan fingerprint density at radius 3 is 2.12 bits per heavy atom. The molecule has 2 heterocycles. The lowest BCUT2D eigenvalue weighted by Crippen LogP contribution is -2.39. The molecule has 3 aromatic rings. The van der Waals surface area contributed by atoms with Crippen LogP contribution in [0.1, 0.15) is 34.5 Å². The second-order valence-electron chi connectivity index (χ2n) is 7.96. The summed E-state index contributed by atoms with van der Waals surface area (Å²) in [5.41, 5.74) is 2.55. The van der Waals surface area contributed by atoms with Gasteiger partial charge in [0, 0.05) is 27.7 Å². The maximum atomic E-state index is 12.4. The third-order valence-electron chi connectivity index (χ3n) is 6.27. The van der Waals surface area contributed by atoms with Crippen LogP contribution in [0.5, 0.6) is 11.5 Å². The van der Waals surface area contributed by atoms with Crippen molar-refractivity contribution in [3.8, 4) is 11.5 Å². The summed E-state index contributed by atoms with van der Waals surface area (Å²) >= 11 is 1.74. The highest BCUT2D eigenvalue weighted by molar-refractivity contribution is 7.99. The molecule has 0 radical (unpaired) electrons. The summed E-state index contributed by atoms with van der Waals surface area (Å²) in [6.45, 7) is 1.20. The molecule has 1 fully saturated rings. The van der Waals surface area contributed by atoms with Gasteiger partial charge in [0.1, 0.15) is 17.1 Å². The number of fused-ring (bicyclic) bond motifs is 1. The molecule has 1 saturated heterocycles. The summed E-state index contributed by atoms with van der Waals surface area (Å²) in [7, 11) is 3.32. The Morgan fingerprint density at radius 2 is 1.47 bits per heavy atom. The van der Waals surface area contributed by atoms with Crippen LogP contribution in [0, 0.1) is 0 Å². The van der Waals surface area contributed by atoms with E-state index in [1.165, 1.54) is 0 Å². The first-order valence-electron chi connectivity index (χ1n) is 10.6. The van der Waals surface area contributed by atoms with Crippen molar-refractivity contribution in [3.05, 3.63) is 89.0 Å². The van der Waals surface area contributed by atoms with Gasteiger partial charge in [-0.25, -0.2) is 0 Å². The molecular weight excluding hydrogens is 424 g/mol. The minimum Gasteiger partial charge on any atom is -0.497 e. The lowest BCUT2D eigenvalue weighted by molar-refractivity contribution is -0.0442. The molecule has 0 saturated carbocycles. The quantitative estimate of drug-likeness (QED) is 0.598. The van der Waals surface area contributed by atoms with E-state index < -0.39 is 5.60 Å². The van der Waals surface area contributed by atoms with E-state index in [0.29, 0.717) is 13.2 Å². The largest absolute Gasteiger partial charge is 0.497 e. The molecule has 32 heavy (non-hydrogen) atoms. The van der Waals surface area contributed by atoms with Crippen molar-refractivity contribution < 1.29 is 24.1 Å². The van der Waals surface area contributed by atoms with Gasteiger partial charge in [0.15, 0.2) is 6.29 Å². The summed E-state index contributed by atoms with van der Waals surface area (Å²) < 4.78 is 22.0. The van der Waals surface area contributed by atoms with Crippen LogP contribution < -0.4 is 9.47 Å². The average Bonchev–Trinajstić information content (AvgIpc) is 3.39. The van der Waals surface area contributed by atoms with Crippen LogP contribution in [0.2, 0.25) is 0 Å². The van der Waals surface area contributed by atoms with Gasteiger partial charge in [-0.05, 0) is 35.4 Å². The minimum absolute atomic E-state index is 0.135. The number of aliphatic hydroxyl groups is 1. The van der Waals surface area contributed by atoms with Crippen molar-refractivity contribution >= 4 is 11.8 Å². The zero-order valence-electron chi connectivity index (χ0n) is 18.1. The van der Waals surface area contributed by atoms with Crippen molar-refractivity contribution in [3.63, 3.8) is 0 Å². The minimum atomic E-state index is -1.20. The topological polar surface area (TPSA) is 57.2 Å². The molecule has 5 nitrogen and oxygen atoms in total. The van der Waals surface area contributed by atoms with E-state index in [1.54, 1.807) is 26.0 Å². The standard InChI is InChI=1S/C26H26O5S/c1-28-20-9-5-17(6-10-20)23-16-32-24-15-21(29-2)11-12-22(24)26(23,27)19-7-3-18(4-8-19)25-30-13-14-31-25/h3-12,15,23,25,27H,13-14,16H2,1-2H3. The molecule has 2 aliphatic rings. The van der Waals surface area contributed by atoms with Gasteiger partial charge in [0.2, 0.25) is 0 Å². The smallest absolute Gasteiger partial charge is 0.184 e. The van der Waals surface area contributed by atoms with Gasteiger partial charge in [0.25, 0.3) is 0 Å². The Bertz CT molecular complexity index is 1080. The molecule has 5 rings (SSSR count). The van der Waals surface area contributed by atoms with E-state index in [9.17, 15) is 5.11 Å². The third-order valence-corrected chi connectivity index (χ3v) is 7.42. The average molecular weight is 451 g/mol. The third kappa shape index (κ3) is 3.67. The Hall–Kier alpha value is -2.51. The molecule has 0 spiro atoms. The normalized spacial score (nSPS) is 23.0. The first-order chi connectivity index (χ1) is 15.6. The van der Waals surface area contributed by atoms with Crippen LogP contribution in [-0.2, 0) is 15.1 Å². The molecule has 0 aromatic heterocycles. The van der Waals surface area contributed by atoms with E-state index in [1.807, 2.05) is 66.7 Å². The number of methoxy groups -OCH3 is 2. The number of benzene rings is 3. The van der Waals surface area contributed by atoms with Gasteiger partial charge in [-0.1, -0.05) is 42.5 Å². The monoisotopic (exact) mass is 450 g/mol. The van der Waals surface area contributed by atoms with Gasteiger partial charge in [-0.3, -0.25) is 0 Å². The lowest BCUT2D eigenvalue weighted by atomic mass is 9.73. The van der Waals surface area contributed by atoms with Gasteiger partial charge < -0.3 is 24.1 Å². The lowest BCUT2D eigenvalue weighted by Gasteiger charge is -2.42. The highest BCUT2D eigenvalue weighted by atomic mass is 32.2. The Morgan fingerprint density at radius 1 is 0.844 bits per heavy atom. The van der Waals surface area contributed by atoms with Crippen LogP contribution >= 0.6 is 11.8 Å². The van der Waals surface area contributed by atoms with E-state index in [-0.39, 0.29) is 12.2 Å². The summed E-state index contributed by atoms with van der Waals surface area (Å²) in [4.78, 5) is 1.03. The zero-order valence-corrected chi connectivity index (χ0v) is 18.9. The van der Waals surface area contributed by atoms with Gasteiger partial charge in [-0.15, -0.1) is 11.8 Å². The number of hydrogen-bond acceptors (Lipinski definition) is 6.